The number of hydrazone groups is 1. The Morgan fingerprint density at radius 1 is 1.04 bits per heavy atom. The van der Waals surface area contributed by atoms with Gasteiger partial charge >= 0.3 is 0 Å². The number of hydrogen-bond acceptors (Lipinski definition) is 4. The van der Waals surface area contributed by atoms with Gasteiger partial charge in [-0.05, 0) is 49.2 Å². The fraction of sp³-hybridized carbons (Fsp3) is 0.217. The number of nitrogens with zero attached hydrogens (tertiary/aromatic N) is 1. The van der Waals surface area contributed by atoms with Crippen LogP contribution in [0.5, 0.6) is 11.5 Å². The predicted molar refractivity (Wildman–Crippen MR) is 112 cm³/mol. The molecule has 5 heteroatoms. The molecule has 0 fully saturated rings. The van der Waals surface area contributed by atoms with Gasteiger partial charge in [-0.3, -0.25) is 4.79 Å². The van der Waals surface area contributed by atoms with Gasteiger partial charge in [0.15, 0.2) is 6.61 Å². The van der Waals surface area contributed by atoms with Gasteiger partial charge in [0.2, 0.25) is 0 Å². The van der Waals surface area contributed by atoms with E-state index in [-0.39, 0.29) is 12.5 Å². The topological polar surface area (TPSA) is 59.9 Å². The van der Waals surface area contributed by atoms with E-state index >= 15 is 0 Å². The summed E-state index contributed by atoms with van der Waals surface area (Å²) in [4.78, 5) is 12.1. The highest BCUT2D eigenvalue weighted by Crippen LogP contribution is 2.26. The molecule has 3 aromatic carbocycles. The van der Waals surface area contributed by atoms with Gasteiger partial charge in [0, 0.05) is 5.56 Å². The quantitative estimate of drug-likeness (QED) is 0.492. The maximum absolute atomic E-state index is 12.1. The van der Waals surface area contributed by atoms with E-state index in [4.69, 9.17) is 9.47 Å². The third-order valence-electron chi connectivity index (χ3n) is 4.30. The fourth-order valence-corrected chi connectivity index (χ4v) is 3.00. The monoisotopic (exact) mass is 376 g/mol. The number of benzene rings is 3. The molecular formula is C23H24N2O3. The first-order chi connectivity index (χ1) is 13.6. The number of fused-ring (bicyclic) bond motifs is 1. The van der Waals surface area contributed by atoms with E-state index in [9.17, 15) is 4.79 Å². The lowest BCUT2D eigenvalue weighted by Crippen LogP contribution is -2.24. The summed E-state index contributed by atoms with van der Waals surface area (Å²) in [6.45, 7) is 6.35. The number of carbonyl (C=O) groups is 1. The Morgan fingerprint density at radius 2 is 1.82 bits per heavy atom. The second-order valence-corrected chi connectivity index (χ2v) is 6.48. The van der Waals surface area contributed by atoms with Crippen LogP contribution < -0.4 is 14.9 Å². The first kappa shape index (κ1) is 19.4. The number of nitrogens with one attached hydrogen (secondary N) is 1. The number of amides is 1. The lowest BCUT2D eigenvalue weighted by Gasteiger charge is -2.10. The van der Waals surface area contributed by atoms with Gasteiger partial charge in [-0.2, -0.15) is 5.10 Å². The van der Waals surface area contributed by atoms with Crippen LogP contribution in [0, 0.1) is 13.8 Å². The van der Waals surface area contributed by atoms with Gasteiger partial charge in [-0.15, -0.1) is 0 Å². The van der Waals surface area contributed by atoms with Crippen molar-refractivity contribution in [1.82, 2.24) is 5.43 Å². The van der Waals surface area contributed by atoms with Crippen molar-refractivity contribution in [3.63, 3.8) is 0 Å². The smallest absolute Gasteiger partial charge is 0.277 e. The van der Waals surface area contributed by atoms with Crippen molar-refractivity contribution in [2.75, 3.05) is 13.2 Å². The molecule has 0 saturated carbocycles. The molecule has 144 valence electrons. The van der Waals surface area contributed by atoms with Gasteiger partial charge in [-0.1, -0.05) is 48.0 Å². The van der Waals surface area contributed by atoms with Crippen molar-refractivity contribution < 1.29 is 14.3 Å². The van der Waals surface area contributed by atoms with Crippen LogP contribution in [0.1, 0.15) is 23.6 Å². The predicted octanol–water partition coefficient (Wildman–Crippen LogP) is 4.38. The minimum absolute atomic E-state index is 0.102. The largest absolute Gasteiger partial charge is 0.493 e. The molecule has 5 nitrogen and oxygen atoms in total. The van der Waals surface area contributed by atoms with Crippen LogP contribution >= 0.6 is 0 Å². The normalized spacial score (nSPS) is 11.0. The zero-order valence-corrected chi connectivity index (χ0v) is 16.4. The molecule has 0 aliphatic carbocycles. The number of aryl methyl sites for hydroxylation is 2. The third kappa shape index (κ3) is 4.68. The molecule has 1 amide bonds. The standard InChI is InChI=1S/C23H24N2O3/c1-4-27-22-12-10-18-7-5-6-8-19(18)20(22)14-24-25-23(26)15-28-21-11-9-16(2)13-17(21)3/h5-14H,4,15H2,1-3H3,(H,25,26)/b24-14+. The molecule has 0 atom stereocenters. The highest BCUT2D eigenvalue weighted by atomic mass is 16.5. The summed E-state index contributed by atoms with van der Waals surface area (Å²) in [7, 11) is 0. The molecule has 3 aromatic rings. The summed E-state index contributed by atoms with van der Waals surface area (Å²) >= 11 is 0. The zero-order valence-electron chi connectivity index (χ0n) is 16.4. The lowest BCUT2D eigenvalue weighted by molar-refractivity contribution is -0.123. The average molecular weight is 376 g/mol. The summed E-state index contributed by atoms with van der Waals surface area (Å²) in [5.41, 5.74) is 5.49. The van der Waals surface area contributed by atoms with Crippen LogP contribution in [-0.4, -0.2) is 25.3 Å². The highest BCUT2D eigenvalue weighted by molar-refractivity contribution is 6.02. The van der Waals surface area contributed by atoms with Crippen molar-refractivity contribution in [1.29, 1.82) is 0 Å². The summed E-state index contributed by atoms with van der Waals surface area (Å²) in [6, 6.07) is 17.7. The molecule has 0 heterocycles. The Balaban J connectivity index is 1.68. The number of ether oxygens (including phenoxy) is 2. The molecule has 0 aliphatic heterocycles. The van der Waals surface area contributed by atoms with E-state index in [1.54, 1.807) is 6.21 Å². The fourth-order valence-electron chi connectivity index (χ4n) is 3.00. The van der Waals surface area contributed by atoms with Gasteiger partial charge in [0.05, 0.1) is 12.8 Å². The van der Waals surface area contributed by atoms with Gasteiger partial charge in [0.1, 0.15) is 11.5 Å². The third-order valence-corrected chi connectivity index (χ3v) is 4.30. The van der Waals surface area contributed by atoms with Crippen LogP contribution in [0.15, 0.2) is 59.7 Å². The van der Waals surface area contributed by atoms with Crippen LogP contribution in [0.25, 0.3) is 10.8 Å². The van der Waals surface area contributed by atoms with Crippen molar-refractivity contribution in [2.24, 2.45) is 5.10 Å². The van der Waals surface area contributed by atoms with Crippen LogP contribution in [0.2, 0.25) is 0 Å². The average Bonchev–Trinajstić information content (AvgIpc) is 2.69. The molecular weight excluding hydrogens is 352 g/mol. The van der Waals surface area contributed by atoms with Gasteiger partial charge in [0.25, 0.3) is 5.91 Å². The molecule has 0 unspecified atom stereocenters. The minimum Gasteiger partial charge on any atom is -0.493 e. The van der Waals surface area contributed by atoms with Crippen LogP contribution in [0.3, 0.4) is 0 Å². The Morgan fingerprint density at radius 3 is 2.61 bits per heavy atom. The van der Waals surface area contributed by atoms with Crippen LogP contribution in [-0.2, 0) is 4.79 Å². The molecule has 3 rings (SSSR count). The highest BCUT2D eigenvalue weighted by Gasteiger charge is 2.08. The second-order valence-electron chi connectivity index (χ2n) is 6.48. The number of hydrogen-bond donors (Lipinski definition) is 1. The SMILES string of the molecule is CCOc1ccc2ccccc2c1/C=N/NC(=O)COc1ccc(C)cc1C. The maximum atomic E-state index is 12.1. The molecule has 0 radical (unpaired) electrons. The summed E-state index contributed by atoms with van der Waals surface area (Å²) in [6.07, 6.45) is 1.61. The van der Waals surface area contributed by atoms with Crippen molar-refractivity contribution in [3.8, 4) is 11.5 Å². The molecule has 1 N–H and O–H groups in total. The first-order valence-electron chi connectivity index (χ1n) is 9.25. The van der Waals surface area contributed by atoms with E-state index < -0.39 is 0 Å². The van der Waals surface area contributed by atoms with Crippen molar-refractivity contribution in [2.45, 2.75) is 20.8 Å². The molecule has 0 aliphatic rings. The first-order valence-corrected chi connectivity index (χ1v) is 9.25. The van der Waals surface area contributed by atoms with E-state index in [1.165, 1.54) is 0 Å². The molecule has 0 saturated heterocycles. The van der Waals surface area contributed by atoms with E-state index in [0.29, 0.717) is 12.4 Å². The number of rotatable bonds is 7. The Kier molecular flexibility index (Phi) is 6.27. The molecule has 28 heavy (non-hydrogen) atoms. The zero-order chi connectivity index (χ0) is 19.9. The van der Waals surface area contributed by atoms with Gasteiger partial charge in [-0.25, -0.2) is 5.43 Å². The molecule has 0 aromatic heterocycles. The van der Waals surface area contributed by atoms with Gasteiger partial charge < -0.3 is 9.47 Å². The van der Waals surface area contributed by atoms with Crippen molar-refractivity contribution in [3.05, 3.63) is 71.3 Å². The summed E-state index contributed by atoms with van der Waals surface area (Å²) in [5, 5.41) is 6.19. The summed E-state index contributed by atoms with van der Waals surface area (Å²) < 4.78 is 11.3. The Hall–Kier alpha value is -3.34. The van der Waals surface area contributed by atoms with Crippen LogP contribution in [0.4, 0.5) is 0 Å². The maximum Gasteiger partial charge on any atom is 0.277 e. The second kappa shape index (κ2) is 9.04. The van der Waals surface area contributed by atoms with E-state index in [2.05, 4.69) is 10.5 Å². The number of carbonyl (C=O) groups excluding carboxylic acids is 1. The Labute approximate surface area is 165 Å². The van der Waals surface area contributed by atoms with Crippen molar-refractivity contribution >= 4 is 22.9 Å². The Bertz CT molecular complexity index is 1010. The lowest BCUT2D eigenvalue weighted by atomic mass is 10.0. The molecule has 0 bridgehead atoms. The minimum atomic E-state index is -0.325. The van der Waals surface area contributed by atoms with E-state index in [1.807, 2.05) is 75.4 Å². The van der Waals surface area contributed by atoms with E-state index in [0.717, 1.165) is 33.2 Å². The molecule has 0 spiro atoms. The summed E-state index contributed by atoms with van der Waals surface area (Å²) in [5.74, 6) is 1.09.